The summed E-state index contributed by atoms with van der Waals surface area (Å²) in [4.78, 5) is 44.7. The number of esters is 1. The lowest BCUT2D eigenvalue weighted by Crippen LogP contribution is -2.56. The number of hydrogen-bond acceptors (Lipinski definition) is 5. The molecule has 1 saturated heterocycles. The van der Waals surface area contributed by atoms with Crippen molar-refractivity contribution in [2.75, 3.05) is 39.8 Å². The van der Waals surface area contributed by atoms with Gasteiger partial charge >= 0.3 is 12.0 Å². The maximum absolute atomic E-state index is 13.3. The average molecular weight is 497 g/mol. The normalized spacial score (nSPS) is 23.6. The first-order chi connectivity index (χ1) is 17.0. The van der Waals surface area contributed by atoms with Crippen LogP contribution in [-0.4, -0.2) is 78.5 Å². The van der Waals surface area contributed by atoms with E-state index in [-0.39, 0.29) is 35.9 Å². The van der Waals surface area contributed by atoms with Gasteiger partial charge in [-0.05, 0) is 43.2 Å². The lowest BCUT2D eigenvalue weighted by Gasteiger charge is -2.42. The second-order valence-electron chi connectivity index (χ2n) is 11.3. The van der Waals surface area contributed by atoms with E-state index in [4.69, 9.17) is 4.74 Å². The van der Waals surface area contributed by atoms with Gasteiger partial charge in [-0.1, -0.05) is 45.0 Å². The van der Waals surface area contributed by atoms with Crippen molar-refractivity contribution in [2.24, 2.45) is 5.92 Å². The standard InChI is InChI=1S/C28H40N4O4/c1-7-36-26(34)23-22(17-31-14-15-32(18(2)16-31)25(33)20-8-9-20)30(6)27(35)29-24(23)19-10-12-21(13-11-19)28(3,4)5/h10-13,18,20,24H,7-9,14-17H2,1-6H3,(H,29,35)/t18-,24+/m1/s1. The van der Waals surface area contributed by atoms with Crippen molar-refractivity contribution in [3.05, 3.63) is 46.7 Å². The van der Waals surface area contributed by atoms with Crippen LogP contribution < -0.4 is 5.32 Å². The largest absolute Gasteiger partial charge is 0.463 e. The van der Waals surface area contributed by atoms with Crippen LogP contribution in [-0.2, 0) is 19.7 Å². The molecule has 0 unspecified atom stereocenters. The Balaban J connectivity index is 1.63. The summed E-state index contributed by atoms with van der Waals surface area (Å²) in [6, 6.07) is 7.32. The molecule has 1 aliphatic carbocycles. The van der Waals surface area contributed by atoms with Gasteiger partial charge in [0.25, 0.3) is 0 Å². The van der Waals surface area contributed by atoms with E-state index >= 15 is 0 Å². The van der Waals surface area contributed by atoms with E-state index in [1.807, 2.05) is 17.0 Å². The first-order valence-electron chi connectivity index (χ1n) is 13.1. The van der Waals surface area contributed by atoms with E-state index in [0.29, 0.717) is 37.4 Å². The molecule has 0 radical (unpaired) electrons. The van der Waals surface area contributed by atoms with Crippen LogP contribution in [0, 0.1) is 5.92 Å². The van der Waals surface area contributed by atoms with Gasteiger partial charge in [-0.15, -0.1) is 0 Å². The van der Waals surface area contributed by atoms with E-state index in [1.54, 1.807) is 14.0 Å². The number of rotatable bonds is 6. The van der Waals surface area contributed by atoms with Crippen LogP contribution in [0.1, 0.15) is 64.6 Å². The van der Waals surface area contributed by atoms with Crippen LogP contribution >= 0.6 is 0 Å². The number of likely N-dealkylation sites (N-methyl/N-ethyl adjacent to an activating group) is 1. The van der Waals surface area contributed by atoms with Crippen molar-refractivity contribution in [1.29, 1.82) is 0 Å². The van der Waals surface area contributed by atoms with Crippen LogP contribution in [0.2, 0.25) is 0 Å². The number of ether oxygens (including phenoxy) is 1. The highest BCUT2D eigenvalue weighted by Gasteiger charge is 2.40. The van der Waals surface area contributed by atoms with Crippen molar-refractivity contribution in [1.82, 2.24) is 20.0 Å². The first kappa shape index (κ1) is 26.2. The van der Waals surface area contributed by atoms with Gasteiger partial charge in [-0.2, -0.15) is 0 Å². The molecular weight excluding hydrogens is 456 g/mol. The number of nitrogens with one attached hydrogen (secondary N) is 1. The number of nitrogens with zero attached hydrogens (tertiary/aromatic N) is 3. The molecule has 2 atom stereocenters. The first-order valence-corrected chi connectivity index (χ1v) is 13.1. The number of carbonyl (C=O) groups excluding carboxylic acids is 3. The Morgan fingerprint density at radius 1 is 1.11 bits per heavy atom. The highest BCUT2D eigenvalue weighted by molar-refractivity contribution is 5.95. The minimum Gasteiger partial charge on any atom is -0.463 e. The third-order valence-electron chi connectivity index (χ3n) is 7.48. The maximum Gasteiger partial charge on any atom is 0.338 e. The minimum absolute atomic E-state index is 0.000734. The highest BCUT2D eigenvalue weighted by atomic mass is 16.5. The van der Waals surface area contributed by atoms with E-state index in [9.17, 15) is 14.4 Å². The predicted octanol–water partition coefficient (Wildman–Crippen LogP) is 3.44. The molecule has 4 rings (SSSR count). The molecule has 3 amide bonds. The van der Waals surface area contributed by atoms with Crippen LogP contribution in [0.15, 0.2) is 35.5 Å². The highest BCUT2D eigenvalue weighted by Crippen LogP contribution is 2.34. The number of amides is 3. The number of piperazine rings is 1. The fourth-order valence-corrected chi connectivity index (χ4v) is 5.10. The van der Waals surface area contributed by atoms with Crippen molar-refractivity contribution in [3.8, 4) is 0 Å². The Labute approximate surface area is 214 Å². The molecule has 1 N–H and O–H groups in total. The van der Waals surface area contributed by atoms with E-state index in [0.717, 1.165) is 18.4 Å². The van der Waals surface area contributed by atoms with Gasteiger partial charge in [0.05, 0.1) is 18.2 Å². The van der Waals surface area contributed by atoms with Crippen LogP contribution in [0.5, 0.6) is 0 Å². The van der Waals surface area contributed by atoms with Crippen LogP contribution in [0.3, 0.4) is 0 Å². The number of hydrogen-bond donors (Lipinski definition) is 1. The van der Waals surface area contributed by atoms with Gasteiger partial charge in [0.2, 0.25) is 5.91 Å². The fraction of sp³-hybridized carbons (Fsp3) is 0.607. The molecule has 1 saturated carbocycles. The number of benzene rings is 1. The molecule has 8 heteroatoms. The summed E-state index contributed by atoms with van der Waals surface area (Å²) in [5, 5.41) is 3.00. The molecule has 2 fully saturated rings. The zero-order valence-electron chi connectivity index (χ0n) is 22.5. The summed E-state index contributed by atoms with van der Waals surface area (Å²) >= 11 is 0. The van der Waals surface area contributed by atoms with Crippen molar-refractivity contribution in [2.45, 2.75) is 65.0 Å². The van der Waals surface area contributed by atoms with Gasteiger partial charge < -0.3 is 15.0 Å². The molecule has 196 valence electrons. The minimum atomic E-state index is -0.591. The molecule has 0 spiro atoms. The Morgan fingerprint density at radius 2 is 1.78 bits per heavy atom. The molecular formula is C28H40N4O4. The Hall–Kier alpha value is -2.87. The third-order valence-corrected chi connectivity index (χ3v) is 7.48. The predicted molar refractivity (Wildman–Crippen MR) is 138 cm³/mol. The van der Waals surface area contributed by atoms with Crippen molar-refractivity contribution < 1.29 is 19.1 Å². The molecule has 36 heavy (non-hydrogen) atoms. The zero-order chi connectivity index (χ0) is 26.2. The van der Waals surface area contributed by atoms with Gasteiger partial charge in [0.1, 0.15) is 0 Å². The van der Waals surface area contributed by atoms with Gasteiger partial charge in [-0.25, -0.2) is 9.59 Å². The topological polar surface area (TPSA) is 82.2 Å². The summed E-state index contributed by atoms with van der Waals surface area (Å²) in [6.45, 7) is 13.1. The van der Waals surface area contributed by atoms with Crippen molar-refractivity contribution in [3.63, 3.8) is 0 Å². The molecule has 0 aromatic heterocycles. The summed E-state index contributed by atoms with van der Waals surface area (Å²) in [5.74, 6) is 0.0529. The third kappa shape index (κ3) is 5.43. The van der Waals surface area contributed by atoms with Gasteiger partial charge in [0, 0.05) is 50.9 Å². The zero-order valence-corrected chi connectivity index (χ0v) is 22.5. The lowest BCUT2D eigenvalue weighted by molar-refractivity contribution is -0.139. The summed E-state index contributed by atoms with van der Waals surface area (Å²) in [5.41, 5.74) is 3.14. The van der Waals surface area contributed by atoms with Crippen molar-refractivity contribution >= 4 is 17.9 Å². The average Bonchev–Trinajstić information content (AvgIpc) is 3.67. The number of urea groups is 1. The smallest absolute Gasteiger partial charge is 0.338 e. The molecule has 8 nitrogen and oxygen atoms in total. The molecule has 2 heterocycles. The quantitative estimate of drug-likeness (QED) is 0.610. The summed E-state index contributed by atoms with van der Waals surface area (Å²) < 4.78 is 5.47. The second kappa shape index (κ2) is 10.2. The molecule has 1 aromatic rings. The van der Waals surface area contributed by atoms with Gasteiger partial charge in [-0.3, -0.25) is 14.6 Å². The molecule has 0 bridgehead atoms. The second-order valence-corrected chi connectivity index (χ2v) is 11.3. The van der Waals surface area contributed by atoms with E-state index in [2.05, 4.69) is 50.0 Å². The fourth-order valence-electron chi connectivity index (χ4n) is 5.10. The lowest BCUT2D eigenvalue weighted by atomic mass is 9.85. The Kier molecular flexibility index (Phi) is 7.46. The monoisotopic (exact) mass is 496 g/mol. The molecule has 1 aromatic carbocycles. The summed E-state index contributed by atoms with van der Waals surface area (Å²) in [6.07, 6.45) is 2.00. The molecule has 3 aliphatic rings. The van der Waals surface area contributed by atoms with E-state index in [1.165, 1.54) is 10.5 Å². The van der Waals surface area contributed by atoms with E-state index < -0.39 is 12.0 Å². The summed E-state index contributed by atoms with van der Waals surface area (Å²) in [7, 11) is 1.69. The Morgan fingerprint density at radius 3 is 2.33 bits per heavy atom. The Bertz CT molecular complexity index is 1040. The molecule has 2 aliphatic heterocycles. The SMILES string of the molecule is CCOC(=O)C1=C(CN2CCN(C(=O)C3CC3)[C@H](C)C2)N(C)C(=O)N[C@H]1c1ccc(C(C)(C)C)cc1. The maximum atomic E-state index is 13.3. The van der Waals surface area contributed by atoms with Crippen LogP contribution in [0.4, 0.5) is 4.79 Å². The van der Waals surface area contributed by atoms with Gasteiger partial charge in [0.15, 0.2) is 0 Å². The van der Waals surface area contributed by atoms with Crippen LogP contribution in [0.25, 0.3) is 0 Å². The number of carbonyl (C=O) groups is 3.